The fraction of sp³-hybridized carbons (Fsp3) is 0.364. The number of rotatable bonds is 1. The Morgan fingerprint density at radius 1 is 0.909 bits per heavy atom. The zero-order valence-corrected chi connectivity index (χ0v) is 6.72. The van der Waals surface area contributed by atoms with E-state index in [9.17, 15) is 0 Å². The molecule has 1 aliphatic rings. The average molecular weight is 145 g/mol. The van der Waals surface area contributed by atoms with E-state index in [-0.39, 0.29) is 0 Å². The van der Waals surface area contributed by atoms with E-state index in [1.54, 1.807) is 5.92 Å². The molecule has 0 aliphatic heterocycles. The van der Waals surface area contributed by atoms with Crippen molar-refractivity contribution in [3.63, 3.8) is 0 Å². The van der Waals surface area contributed by atoms with E-state index in [1.165, 1.54) is 31.2 Å². The van der Waals surface area contributed by atoms with Crippen molar-refractivity contribution in [2.24, 2.45) is 0 Å². The van der Waals surface area contributed by atoms with Gasteiger partial charge < -0.3 is 0 Å². The van der Waals surface area contributed by atoms with Crippen molar-refractivity contribution in [1.29, 1.82) is 0 Å². The van der Waals surface area contributed by atoms with Gasteiger partial charge in [-0.3, -0.25) is 0 Å². The van der Waals surface area contributed by atoms with Gasteiger partial charge in [-0.15, -0.1) is 0 Å². The molecule has 0 bridgehead atoms. The van der Waals surface area contributed by atoms with Crippen molar-refractivity contribution >= 4 is 0 Å². The molecule has 0 unspecified atom stereocenters. The van der Waals surface area contributed by atoms with Gasteiger partial charge in [0.1, 0.15) is 5.56 Å². The van der Waals surface area contributed by atoms with E-state index in [0.29, 0.717) is 0 Å². The molecule has 0 nitrogen and oxygen atoms in total. The van der Waals surface area contributed by atoms with Crippen molar-refractivity contribution < 1.29 is 0 Å². The van der Waals surface area contributed by atoms with Crippen LogP contribution in [0.5, 0.6) is 0 Å². The van der Waals surface area contributed by atoms with Gasteiger partial charge in [-0.25, -0.2) is 0 Å². The van der Waals surface area contributed by atoms with Crippen LogP contribution >= 0.6 is 0 Å². The summed E-state index contributed by atoms with van der Waals surface area (Å²) in [5.41, 5.74) is 1.46. The zero-order valence-electron chi connectivity index (χ0n) is 6.72. The Morgan fingerprint density at radius 2 is 1.55 bits per heavy atom. The summed E-state index contributed by atoms with van der Waals surface area (Å²) in [7, 11) is 0. The summed E-state index contributed by atoms with van der Waals surface area (Å²) in [6.07, 6.45) is 5.43. The van der Waals surface area contributed by atoms with E-state index in [0.717, 1.165) is 0 Å². The van der Waals surface area contributed by atoms with Crippen LogP contribution in [0.1, 0.15) is 31.2 Å². The lowest BCUT2D eigenvalue weighted by Gasteiger charge is -1.98. The fourth-order valence-electron chi connectivity index (χ4n) is 1.76. The van der Waals surface area contributed by atoms with Crippen LogP contribution in [0.2, 0.25) is 0 Å². The molecule has 1 aromatic carbocycles. The second-order valence-corrected chi connectivity index (χ2v) is 3.18. The Balaban J connectivity index is 2.16. The molecule has 1 aliphatic carbocycles. The first-order valence-corrected chi connectivity index (χ1v) is 4.37. The molecule has 0 heteroatoms. The molecular weight excluding hydrogens is 132 g/mol. The average Bonchev–Trinajstić information content (AvgIpc) is 2.58. The number of hydrogen-bond donors (Lipinski definition) is 0. The third-order valence-electron chi connectivity index (χ3n) is 2.39. The Bertz CT molecular complexity index is 207. The first-order valence-electron chi connectivity index (χ1n) is 4.37. The third kappa shape index (κ3) is 1.40. The maximum atomic E-state index is 2.22. The molecule has 0 radical (unpaired) electrons. The number of benzene rings is 1. The summed E-state index contributed by atoms with van der Waals surface area (Å²) in [4.78, 5) is 0. The van der Waals surface area contributed by atoms with E-state index < -0.39 is 0 Å². The van der Waals surface area contributed by atoms with E-state index in [2.05, 4.69) is 30.3 Å². The van der Waals surface area contributed by atoms with Crippen LogP contribution in [0.15, 0.2) is 30.3 Å². The molecule has 1 aromatic rings. The van der Waals surface area contributed by atoms with Gasteiger partial charge in [0.05, 0.1) is 0 Å². The smallest absolute Gasteiger partial charge is 0.0364 e. The maximum absolute atomic E-state index is 2.22. The molecule has 2 rings (SSSR count). The lowest BCUT2D eigenvalue weighted by molar-refractivity contribution is 0.886. The molecule has 0 saturated heterocycles. The monoisotopic (exact) mass is 145 g/mol. The Morgan fingerprint density at radius 3 is 2.18 bits per heavy atom. The van der Waals surface area contributed by atoms with E-state index in [1.807, 2.05) is 0 Å². The lowest BCUT2D eigenvalue weighted by atomic mass is 9.98. The summed E-state index contributed by atoms with van der Waals surface area (Å²) in [6, 6.07) is 10.8. The maximum Gasteiger partial charge on any atom is 0.132 e. The van der Waals surface area contributed by atoms with Crippen LogP contribution in [0.3, 0.4) is 0 Å². The lowest BCUT2D eigenvalue weighted by Crippen LogP contribution is -1.91. The van der Waals surface area contributed by atoms with E-state index in [4.69, 9.17) is 0 Å². The molecule has 0 aromatic heterocycles. The summed E-state index contributed by atoms with van der Waals surface area (Å²) >= 11 is 0. The second-order valence-electron chi connectivity index (χ2n) is 3.18. The minimum atomic E-state index is 1.32. The first kappa shape index (κ1) is 6.78. The predicted octanol–water partition coefficient (Wildman–Crippen LogP) is 3.18. The third-order valence-corrected chi connectivity index (χ3v) is 2.39. The SMILES string of the molecule is c1ccc([C+]2CCCC2)cc1. The summed E-state index contributed by atoms with van der Waals surface area (Å²) in [5, 5.41) is 0. The molecule has 56 valence electrons. The van der Waals surface area contributed by atoms with Crippen molar-refractivity contribution in [3.05, 3.63) is 41.8 Å². The Labute approximate surface area is 68.3 Å². The van der Waals surface area contributed by atoms with Crippen LogP contribution in [0.4, 0.5) is 0 Å². The fourth-order valence-corrected chi connectivity index (χ4v) is 1.76. The molecule has 0 heterocycles. The van der Waals surface area contributed by atoms with Crippen molar-refractivity contribution in [2.75, 3.05) is 0 Å². The van der Waals surface area contributed by atoms with Crippen LogP contribution in [0, 0.1) is 5.92 Å². The standard InChI is InChI=1S/C11H13/c1-2-6-10(7-3-1)11-8-4-5-9-11/h1-3,6-7H,4-5,8-9H2/q+1. The Kier molecular flexibility index (Phi) is 1.85. The van der Waals surface area contributed by atoms with Gasteiger partial charge in [-0.05, 0) is 31.0 Å². The topological polar surface area (TPSA) is 0 Å². The molecule has 11 heavy (non-hydrogen) atoms. The van der Waals surface area contributed by atoms with Gasteiger partial charge in [0.2, 0.25) is 0 Å². The highest BCUT2D eigenvalue weighted by molar-refractivity contribution is 5.31. The van der Waals surface area contributed by atoms with Gasteiger partial charge in [0.25, 0.3) is 0 Å². The minimum absolute atomic E-state index is 1.32. The largest absolute Gasteiger partial charge is 0.132 e. The van der Waals surface area contributed by atoms with Crippen LogP contribution in [-0.4, -0.2) is 0 Å². The molecule has 0 N–H and O–H groups in total. The summed E-state index contributed by atoms with van der Waals surface area (Å²) in [5.74, 6) is 1.66. The number of hydrogen-bond acceptors (Lipinski definition) is 0. The van der Waals surface area contributed by atoms with Gasteiger partial charge >= 0.3 is 0 Å². The molecule has 1 saturated carbocycles. The zero-order chi connectivity index (χ0) is 7.52. The van der Waals surface area contributed by atoms with Crippen LogP contribution in [-0.2, 0) is 0 Å². The van der Waals surface area contributed by atoms with E-state index >= 15 is 0 Å². The highest BCUT2D eigenvalue weighted by Gasteiger charge is 2.22. The van der Waals surface area contributed by atoms with Gasteiger partial charge in [-0.2, -0.15) is 0 Å². The first-order chi connectivity index (χ1) is 5.47. The predicted molar refractivity (Wildman–Crippen MR) is 47.3 cm³/mol. The minimum Gasteiger partial charge on any atom is -0.0364 e. The quantitative estimate of drug-likeness (QED) is 0.532. The highest BCUT2D eigenvalue weighted by atomic mass is 14.2. The normalized spacial score (nSPS) is 17.3. The molecule has 0 amide bonds. The van der Waals surface area contributed by atoms with Gasteiger partial charge in [0.15, 0.2) is 0 Å². The van der Waals surface area contributed by atoms with Crippen LogP contribution in [0.25, 0.3) is 0 Å². The van der Waals surface area contributed by atoms with Crippen molar-refractivity contribution in [2.45, 2.75) is 25.7 Å². The van der Waals surface area contributed by atoms with Gasteiger partial charge in [-0.1, -0.05) is 0 Å². The summed E-state index contributed by atoms with van der Waals surface area (Å²) < 4.78 is 0. The van der Waals surface area contributed by atoms with Crippen LogP contribution < -0.4 is 0 Å². The van der Waals surface area contributed by atoms with Gasteiger partial charge in [0, 0.05) is 30.9 Å². The molecule has 1 fully saturated rings. The molecule has 0 atom stereocenters. The highest BCUT2D eigenvalue weighted by Crippen LogP contribution is 2.32. The molecular formula is C11H13+. The Hall–Kier alpha value is -0.910. The van der Waals surface area contributed by atoms with Crippen molar-refractivity contribution in [3.8, 4) is 0 Å². The summed E-state index contributed by atoms with van der Waals surface area (Å²) in [6.45, 7) is 0. The van der Waals surface area contributed by atoms with Crippen molar-refractivity contribution in [1.82, 2.24) is 0 Å². The molecule has 0 spiro atoms. The second kappa shape index (κ2) is 3.00.